The molecule has 1 aromatic rings. The molecule has 5 heteroatoms. The molecular formula is C19H26N2O2S. The summed E-state index contributed by atoms with van der Waals surface area (Å²) in [5.41, 5.74) is 1.43. The molecule has 0 heterocycles. The zero-order valence-corrected chi connectivity index (χ0v) is 15.2. The molecule has 1 aromatic carbocycles. The first-order valence-electron chi connectivity index (χ1n) is 8.91. The molecule has 2 N–H and O–H groups in total. The van der Waals surface area contributed by atoms with E-state index in [1.54, 1.807) is 19.1 Å². The average molecular weight is 346 g/mol. The van der Waals surface area contributed by atoms with E-state index in [4.69, 9.17) is 17.0 Å². The first-order chi connectivity index (χ1) is 11.6. The van der Waals surface area contributed by atoms with Crippen LogP contribution in [0.15, 0.2) is 24.3 Å². The van der Waals surface area contributed by atoms with Crippen molar-refractivity contribution in [2.75, 3.05) is 11.9 Å². The third-order valence-corrected chi connectivity index (χ3v) is 5.67. The standard InChI is InChI=1S/C19H26N2O2S/c1-3-23-18(22)14-6-8-16(9-7-14)21-19(24)20-12(2)17-11-13-4-5-15(17)10-13/h6-9,12-13,15,17H,3-5,10-11H2,1-2H3,(H2,20,21,24)/t12-,13+,15+,17+/m1/s1. The zero-order valence-electron chi connectivity index (χ0n) is 14.4. The molecule has 0 aliphatic heterocycles. The van der Waals surface area contributed by atoms with Crippen molar-refractivity contribution in [1.29, 1.82) is 0 Å². The fourth-order valence-electron chi connectivity index (χ4n) is 4.29. The number of benzene rings is 1. The maximum absolute atomic E-state index is 11.7. The average Bonchev–Trinajstić information content (AvgIpc) is 3.18. The number of hydrogen-bond acceptors (Lipinski definition) is 3. The Morgan fingerprint density at radius 1 is 1.29 bits per heavy atom. The van der Waals surface area contributed by atoms with Crippen molar-refractivity contribution >= 4 is 29.0 Å². The Morgan fingerprint density at radius 3 is 2.62 bits per heavy atom. The van der Waals surface area contributed by atoms with E-state index in [1.807, 2.05) is 12.1 Å². The number of nitrogens with one attached hydrogen (secondary N) is 2. The Hall–Kier alpha value is -1.62. The Kier molecular flexibility index (Phi) is 5.39. The van der Waals surface area contributed by atoms with Crippen LogP contribution in [0.25, 0.3) is 0 Å². The molecule has 2 aliphatic rings. The van der Waals surface area contributed by atoms with Gasteiger partial charge in [-0.25, -0.2) is 4.79 Å². The molecule has 0 spiro atoms. The predicted molar refractivity (Wildman–Crippen MR) is 100 cm³/mol. The van der Waals surface area contributed by atoms with Crippen LogP contribution in [0.2, 0.25) is 0 Å². The largest absolute Gasteiger partial charge is 0.462 e. The van der Waals surface area contributed by atoms with Gasteiger partial charge in [-0.1, -0.05) is 6.42 Å². The lowest BCUT2D eigenvalue weighted by Gasteiger charge is -2.29. The Labute approximate surface area is 149 Å². The van der Waals surface area contributed by atoms with Crippen molar-refractivity contribution in [1.82, 2.24) is 5.32 Å². The number of thiocarbonyl (C=S) groups is 1. The van der Waals surface area contributed by atoms with Gasteiger partial charge in [-0.2, -0.15) is 0 Å². The highest BCUT2D eigenvalue weighted by Gasteiger charge is 2.41. The van der Waals surface area contributed by atoms with Crippen molar-refractivity contribution in [2.45, 2.75) is 45.6 Å². The SMILES string of the molecule is CCOC(=O)c1ccc(NC(=S)N[C@H](C)[C@@H]2C[C@H]3CC[C@H]2C3)cc1. The van der Waals surface area contributed by atoms with Crippen LogP contribution in [0.5, 0.6) is 0 Å². The van der Waals surface area contributed by atoms with Crippen LogP contribution in [-0.2, 0) is 4.74 Å². The molecule has 2 bridgehead atoms. The van der Waals surface area contributed by atoms with Gasteiger partial charge in [0, 0.05) is 11.7 Å². The number of esters is 1. The second-order valence-electron chi connectivity index (χ2n) is 7.02. The monoisotopic (exact) mass is 346 g/mol. The van der Waals surface area contributed by atoms with Crippen molar-refractivity contribution in [3.05, 3.63) is 29.8 Å². The molecule has 24 heavy (non-hydrogen) atoms. The van der Waals surface area contributed by atoms with Gasteiger partial charge < -0.3 is 15.4 Å². The van der Waals surface area contributed by atoms with E-state index >= 15 is 0 Å². The molecule has 2 saturated carbocycles. The van der Waals surface area contributed by atoms with Gasteiger partial charge >= 0.3 is 5.97 Å². The molecule has 0 aromatic heterocycles. The molecule has 0 radical (unpaired) electrons. The third kappa shape index (κ3) is 3.89. The van der Waals surface area contributed by atoms with Crippen LogP contribution < -0.4 is 10.6 Å². The van der Waals surface area contributed by atoms with Crippen molar-refractivity contribution in [2.24, 2.45) is 17.8 Å². The molecule has 4 atom stereocenters. The number of anilines is 1. The van der Waals surface area contributed by atoms with E-state index in [9.17, 15) is 4.79 Å². The minimum atomic E-state index is -0.297. The lowest BCUT2D eigenvalue weighted by molar-refractivity contribution is 0.0526. The van der Waals surface area contributed by atoms with E-state index in [-0.39, 0.29) is 5.97 Å². The summed E-state index contributed by atoms with van der Waals surface area (Å²) < 4.78 is 4.99. The highest BCUT2D eigenvalue weighted by atomic mass is 32.1. The lowest BCUT2D eigenvalue weighted by atomic mass is 9.84. The van der Waals surface area contributed by atoms with Crippen LogP contribution in [0.1, 0.15) is 49.9 Å². The summed E-state index contributed by atoms with van der Waals surface area (Å²) in [6.07, 6.45) is 5.56. The number of carbonyl (C=O) groups excluding carboxylic acids is 1. The van der Waals surface area contributed by atoms with Gasteiger partial charge in [-0.15, -0.1) is 0 Å². The summed E-state index contributed by atoms with van der Waals surface area (Å²) in [5, 5.41) is 7.30. The summed E-state index contributed by atoms with van der Waals surface area (Å²) in [5.74, 6) is 2.27. The highest BCUT2D eigenvalue weighted by molar-refractivity contribution is 7.80. The molecule has 0 amide bonds. The van der Waals surface area contributed by atoms with Crippen LogP contribution in [0, 0.1) is 17.8 Å². The molecule has 0 saturated heterocycles. The fraction of sp³-hybridized carbons (Fsp3) is 0.579. The Morgan fingerprint density at radius 2 is 2.04 bits per heavy atom. The maximum Gasteiger partial charge on any atom is 0.338 e. The lowest BCUT2D eigenvalue weighted by Crippen LogP contribution is -2.42. The Balaban J connectivity index is 1.50. The van der Waals surface area contributed by atoms with E-state index in [2.05, 4.69) is 17.6 Å². The molecule has 2 fully saturated rings. The summed E-state index contributed by atoms with van der Waals surface area (Å²) in [7, 11) is 0. The summed E-state index contributed by atoms with van der Waals surface area (Å²) in [6.45, 7) is 4.42. The molecule has 2 aliphatic carbocycles. The number of hydrogen-bond donors (Lipinski definition) is 2. The van der Waals surface area contributed by atoms with Gasteiger partial charge in [-0.05, 0) is 87.3 Å². The predicted octanol–water partition coefficient (Wildman–Crippen LogP) is 3.97. The van der Waals surface area contributed by atoms with Crippen LogP contribution in [-0.4, -0.2) is 23.7 Å². The van der Waals surface area contributed by atoms with Crippen LogP contribution in [0.4, 0.5) is 5.69 Å². The summed E-state index contributed by atoms with van der Waals surface area (Å²) >= 11 is 5.45. The van der Waals surface area contributed by atoms with E-state index < -0.39 is 0 Å². The molecule has 4 nitrogen and oxygen atoms in total. The fourth-order valence-corrected chi connectivity index (χ4v) is 4.60. The quantitative estimate of drug-likeness (QED) is 0.624. The third-order valence-electron chi connectivity index (χ3n) is 5.45. The normalized spacial score (nSPS) is 26.0. The number of carbonyl (C=O) groups is 1. The number of ether oxygens (including phenoxy) is 1. The van der Waals surface area contributed by atoms with E-state index in [0.29, 0.717) is 23.3 Å². The van der Waals surface area contributed by atoms with Gasteiger partial charge in [-0.3, -0.25) is 0 Å². The smallest absolute Gasteiger partial charge is 0.338 e. The minimum Gasteiger partial charge on any atom is -0.462 e. The topological polar surface area (TPSA) is 50.4 Å². The summed E-state index contributed by atoms with van der Waals surface area (Å²) in [6, 6.07) is 7.61. The van der Waals surface area contributed by atoms with Gasteiger partial charge in [0.2, 0.25) is 0 Å². The zero-order chi connectivity index (χ0) is 17.1. The molecular weight excluding hydrogens is 320 g/mol. The second kappa shape index (κ2) is 7.51. The van der Waals surface area contributed by atoms with Crippen LogP contribution >= 0.6 is 12.2 Å². The number of rotatable bonds is 5. The Bertz CT molecular complexity index is 602. The van der Waals surface area contributed by atoms with Crippen molar-refractivity contribution < 1.29 is 9.53 Å². The molecule has 0 unspecified atom stereocenters. The van der Waals surface area contributed by atoms with E-state index in [0.717, 1.165) is 23.4 Å². The van der Waals surface area contributed by atoms with Gasteiger partial charge in [0.15, 0.2) is 5.11 Å². The van der Waals surface area contributed by atoms with Gasteiger partial charge in [0.05, 0.1) is 12.2 Å². The van der Waals surface area contributed by atoms with Gasteiger partial charge in [0.1, 0.15) is 0 Å². The second-order valence-corrected chi connectivity index (χ2v) is 7.43. The van der Waals surface area contributed by atoms with Crippen molar-refractivity contribution in [3.63, 3.8) is 0 Å². The summed E-state index contributed by atoms with van der Waals surface area (Å²) in [4.78, 5) is 11.7. The van der Waals surface area contributed by atoms with Crippen molar-refractivity contribution in [3.8, 4) is 0 Å². The highest BCUT2D eigenvalue weighted by Crippen LogP contribution is 2.49. The first-order valence-corrected chi connectivity index (χ1v) is 9.32. The minimum absolute atomic E-state index is 0.297. The molecule has 130 valence electrons. The van der Waals surface area contributed by atoms with E-state index in [1.165, 1.54) is 25.7 Å². The number of fused-ring (bicyclic) bond motifs is 2. The molecule has 3 rings (SSSR count). The van der Waals surface area contributed by atoms with Crippen LogP contribution in [0.3, 0.4) is 0 Å². The van der Waals surface area contributed by atoms with Gasteiger partial charge in [0.25, 0.3) is 0 Å². The first kappa shape index (κ1) is 17.2. The maximum atomic E-state index is 11.7.